The van der Waals surface area contributed by atoms with Crippen LogP contribution in [0, 0.1) is 0 Å². The number of para-hydroxylation sites is 1. The maximum Gasteiger partial charge on any atom is 0.416 e. The van der Waals surface area contributed by atoms with E-state index < -0.39 is 46.3 Å². The Balaban J connectivity index is 1.72. The third-order valence-electron chi connectivity index (χ3n) is 7.25. The number of rotatable bonds is 11. The summed E-state index contributed by atoms with van der Waals surface area (Å²) in [4.78, 5) is 12.4. The van der Waals surface area contributed by atoms with Crippen molar-refractivity contribution in [2.75, 3.05) is 13.2 Å². The zero-order chi connectivity index (χ0) is 30.5. The Morgan fingerprint density at radius 2 is 1.93 bits per heavy atom. The number of halogens is 3. The molecule has 1 aromatic heterocycles. The Morgan fingerprint density at radius 1 is 1.17 bits per heavy atom. The van der Waals surface area contributed by atoms with Crippen LogP contribution in [0.5, 0.6) is 5.75 Å². The first-order valence-corrected chi connectivity index (χ1v) is 15.4. The number of benzene rings is 2. The van der Waals surface area contributed by atoms with Crippen molar-refractivity contribution in [1.82, 2.24) is 19.3 Å². The molecular weight excluding hydrogens is 573 g/mol. The maximum atomic E-state index is 14.2. The van der Waals surface area contributed by atoms with Crippen LogP contribution in [0.1, 0.15) is 68.3 Å². The first-order valence-electron chi connectivity index (χ1n) is 14.0. The number of ether oxygens (including phenoxy) is 2. The minimum atomic E-state index is -4.72. The van der Waals surface area contributed by atoms with Crippen molar-refractivity contribution >= 4 is 16.0 Å². The number of hydrogen-bond donors (Lipinski definition) is 0. The van der Waals surface area contributed by atoms with Gasteiger partial charge in [-0.1, -0.05) is 36.4 Å². The SMILES string of the molecule is CCOC(=O)CC(CCc1cn(CC)nn1)c1ccc(C(F)(F)F)c(CN2C[C@@H](CC)Oc3ccccc3S2(=O)=O)c1. The lowest BCUT2D eigenvalue weighted by Crippen LogP contribution is -2.37. The van der Waals surface area contributed by atoms with Gasteiger partial charge in [0, 0.05) is 19.3 Å². The zero-order valence-electron chi connectivity index (χ0n) is 23.8. The van der Waals surface area contributed by atoms with Gasteiger partial charge in [0.2, 0.25) is 10.0 Å². The zero-order valence-corrected chi connectivity index (χ0v) is 24.6. The van der Waals surface area contributed by atoms with Crippen molar-refractivity contribution in [3.63, 3.8) is 0 Å². The van der Waals surface area contributed by atoms with E-state index in [0.717, 1.165) is 10.4 Å². The van der Waals surface area contributed by atoms with Gasteiger partial charge in [-0.05, 0) is 68.4 Å². The van der Waals surface area contributed by atoms with Crippen LogP contribution in [0.2, 0.25) is 0 Å². The van der Waals surface area contributed by atoms with Gasteiger partial charge in [-0.2, -0.15) is 17.5 Å². The molecule has 9 nitrogen and oxygen atoms in total. The topological polar surface area (TPSA) is 104 Å². The number of aromatic nitrogens is 3. The summed E-state index contributed by atoms with van der Waals surface area (Å²) in [7, 11) is -4.18. The van der Waals surface area contributed by atoms with Crippen molar-refractivity contribution in [2.24, 2.45) is 0 Å². The highest BCUT2D eigenvalue weighted by atomic mass is 32.2. The molecule has 0 aliphatic carbocycles. The van der Waals surface area contributed by atoms with Gasteiger partial charge in [-0.15, -0.1) is 5.10 Å². The van der Waals surface area contributed by atoms with Gasteiger partial charge in [0.25, 0.3) is 0 Å². The standard InChI is InChI=1S/C29H35F3N4O5S/c1-4-24-19-36(42(38,39)27-10-8-7-9-26(27)41-24)17-22-15-20(12-14-25(22)29(30,31)32)21(16-28(37)40-6-3)11-13-23-18-35(5-2)34-33-23/h7-10,12,14-15,18,21,24H,4-6,11,13,16-17,19H2,1-3H3/t21?,24-/m1/s1. The number of carbonyl (C=O) groups excluding carboxylic acids is 1. The lowest BCUT2D eigenvalue weighted by molar-refractivity contribution is -0.143. The van der Waals surface area contributed by atoms with Crippen LogP contribution in [0.15, 0.2) is 53.6 Å². The molecule has 2 atom stereocenters. The molecule has 4 rings (SSSR count). The minimum Gasteiger partial charge on any atom is -0.488 e. The number of alkyl halides is 3. The fraction of sp³-hybridized carbons (Fsp3) is 0.483. The molecule has 2 aromatic carbocycles. The van der Waals surface area contributed by atoms with Gasteiger partial charge in [0.1, 0.15) is 16.7 Å². The van der Waals surface area contributed by atoms with Crippen molar-refractivity contribution in [3.8, 4) is 5.75 Å². The summed E-state index contributed by atoms with van der Waals surface area (Å²) in [5, 5.41) is 8.15. The number of carbonyl (C=O) groups is 1. The summed E-state index contributed by atoms with van der Waals surface area (Å²) >= 11 is 0. The van der Waals surface area contributed by atoms with Gasteiger partial charge in [0.15, 0.2) is 0 Å². The van der Waals surface area contributed by atoms with Crippen molar-refractivity contribution in [3.05, 3.63) is 71.0 Å². The lowest BCUT2D eigenvalue weighted by Gasteiger charge is -2.25. The quantitative estimate of drug-likeness (QED) is 0.271. The van der Waals surface area contributed by atoms with Crippen LogP contribution >= 0.6 is 0 Å². The van der Waals surface area contributed by atoms with Gasteiger partial charge < -0.3 is 9.47 Å². The Bertz CT molecular complexity index is 1490. The molecule has 228 valence electrons. The highest BCUT2D eigenvalue weighted by Crippen LogP contribution is 2.38. The first kappa shape index (κ1) is 31.5. The normalized spacial score (nSPS) is 17.6. The molecule has 0 saturated carbocycles. The van der Waals surface area contributed by atoms with E-state index in [1.807, 2.05) is 13.8 Å². The lowest BCUT2D eigenvalue weighted by atomic mass is 9.88. The Kier molecular flexibility index (Phi) is 9.93. The number of fused-ring (bicyclic) bond motifs is 1. The largest absolute Gasteiger partial charge is 0.488 e. The molecule has 0 radical (unpaired) electrons. The smallest absolute Gasteiger partial charge is 0.416 e. The van der Waals surface area contributed by atoms with Crippen LogP contribution in [-0.4, -0.2) is 52.9 Å². The number of sulfonamides is 1. The van der Waals surface area contributed by atoms with Crippen LogP contribution < -0.4 is 4.74 Å². The highest BCUT2D eigenvalue weighted by molar-refractivity contribution is 7.89. The number of hydrogen-bond acceptors (Lipinski definition) is 7. The molecule has 0 fully saturated rings. The second-order valence-electron chi connectivity index (χ2n) is 10.1. The van der Waals surface area contributed by atoms with Crippen molar-refractivity contribution < 1.29 is 35.9 Å². The fourth-order valence-electron chi connectivity index (χ4n) is 5.01. The summed E-state index contributed by atoms with van der Waals surface area (Å²) in [5.41, 5.74) is 0.0277. The average Bonchev–Trinajstić information content (AvgIpc) is 3.38. The molecule has 0 spiro atoms. The summed E-state index contributed by atoms with van der Waals surface area (Å²) in [5.74, 6) is -0.799. The molecule has 3 aromatic rings. The molecule has 0 bridgehead atoms. The summed E-state index contributed by atoms with van der Waals surface area (Å²) in [6.07, 6.45) is -2.25. The molecule has 1 unspecified atom stereocenters. The molecule has 42 heavy (non-hydrogen) atoms. The second kappa shape index (κ2) is 13.2. The Hall–Kier alpha value is -3.45. The minimum absolute atomic E-state index is 0.0539. The van der Waals surface area contributed by atoms with Gasteiger partial charge in [-0.25, -0.2) is 8.42 Å². The Morgan fingerprint density at radius 3 is 2.60 bits per heavy atom. The van der Waals surface area contributed by atoms with E-state index in [1.165, 1.54) is 18.2 Å². The maximum absolute atomic E-state index is 14.2. The van der Waals surface area contributed by atoms with Crippen LogP contribution in [0.25, 0.3) is 0 Å². The van der Waals surface area contributed by atoms with Gasteiger partial charge in [0.05, 0.1) is 30.8 Å². The molecule has 0 amide bonds. The Labute approximate surface area is 243 Å². The van der Waals surface area contributed by atoms with E-state index >= 15 is 0 Å². The number of nitrogens with zero attached hydrogens (tertiary/aromatic N) is 4. The highest BCUT2D eigenvalue weighted by Gasteiger charge is 2.38. The van der Waals surface area contributed by atoms with Gasteiger partial charge in [-0.3, -0.25) is 9.48 Å². The molecule has 0 saturated heterocycles. The van der Waals surface area contributed by atoms with Crippen LogP contribution in [0.3, 0.4) is 0 Å². The predicted molar refractivity (Wildman–Crippen MR) is 148 cm³/mol. The van der Waals surface area contributed by atoms with Crippen molar-refractivity contribution in [1.29, 1.82) is 0 Å². The average molecular weight is 609 g/mol. The fourth-order valence-corrected chi connectivity index (χ4v) is 6.58. The van der Waals surface area contributed by atoms with E-state index in [4.69, 9.17) is 9.47 Å². The summed E-state index contributed by atoms with van der Waals surface area (Å²) < 4.78 is 83.8. The molecule has 0 N–H and O–H groups in total. The third-order valence-corrected chi connectivity index (χ3v) is 9.10. The van der Waals surface area contributed by atoms with E-state index in [9.17, 15) is 26.4 Å². The van der Waals surface area contributed by atoms with E-state index in [2.05, 4.69) is 10.3 Å². The van der Waals surface area contributed by atoms with Crippen LogP contribution in [0.4, 0.5) is 13.2 Å². The first-order chi connectivity index (χ1) is 20.0. The summed E-state index contributed by atoms with van der Waals surface area (Å²) in [6.45, 7) is 5.59. The predicted octanol–water partition coefficient (Wildman–Crippen LogP) is 5.35. The van der Waals surface area contributed by atoms with Crippen molar-refractivity contribution in [2.45, 2.75) is 82.6 Å². The molecule has 1 aliphatic rings. The van der Waals surface area contributed by atoms with Crippen LogP contribution in [-0.2, 0) is 45.2 Å². The molecule has 13 heteroatoms. The number of esters is 1. The third kappa shape index (κ3) is 7.30. The molecule has 1 aliphatic heterocycles. The van der Waals surface area contributed by atoms with E-state index in [1.54, 1.807) is 36.0 Å². The van der Waals surface area contributed by atoms with E-state index in [0.29, 0.717) is 37.1 Å². The molecule has 2 heterocycles. The second-order valence-corrected chi connectivity index (χ2v) is 12.0. The number of aryl methyl sites for hydroxylation is 2. The molecular formula is C29H35F3N4O5S. The summed E-state index contributed by atoms with van der Waals surface area (Å²) in [6, 6.07) is 9.80. The monoisotopic (exact) mass is 608 g/mol. The van der Waals surface area contributed by atoms with Gasteiger partial charge >= 0.3 is 12.1 Å². The van der Waals surface area contributed by atoms with E-state index in [-0.39, 0.29) is 35.8 Å².